The molecule has 0 heterocycles. The van der Waals surface area contributed by atoms with Gasteiger partial charge in [-0.25, -0.2) is 0 Å². The number of phenolic OH excluding ortho intramolecular Hbond substituents is 2. The van der Waals surface area contributed by atoms with Gasteiger partial charge in [-0.05, 0) is 12.8 Å². The van der Waals surface area contributed by atoms with Crippen molar-refractivity contribution in [2.75, 3.05) is 6.61 Å². The predicted octanol–water partition coefficient (Wildman–Crippen LogP) is 0.169. The van der Waals surface area contributed by atoms with E-state index in [0.29, 0.717) is 6.42 Å². The van der Waals surface area contributed by atoms with Crippen LogP contribution in [-0.2, 0) is 0 Å². The molecule has 0 radical (unpaired) electrons. The Morgan fingerprint density at radius 1 is 1.19 bits per heavy atom. The lowest BCUT2D eigenvalue weighted by atomic mass is 9.81. The molecule has 4 unspecified atom stereocenters. The molecule has 2 rings (SSSR count). The van der Waals surface area contributed by atoms with Gasteiger partial charge in [-0.1, -0.05) is 13.8 Å². The Kier molecular flexibility index (Phi) is 6.46. The summed E-state index contributed by atoms with van der Waals surface area (Å²) < 4.78 is 5.65. The van der Waals surface area contributed by atoms with Crippen molar-refractivity contribution >= 4 is 5.78 Å². The van der Waals surface area contributed by atoms with Gasteiger partial charge in [0.25, 0.3) is 0 Å². The van der Waals surface area contributed by atoms with Gasteiger partial charge >= 0.3 is 0 Å². The van der Waals surface area contributed by atoms with E-state index in [1.165, 1.54) is 0 Å². The molecule has 8 nitrogen and oxygen atoms in total. The maximum Gasteiger partial charge on any atom is 0.173 e. The van der Waals surface area contributed by atoms with Crippen LogP contribution in [0.3, 0.4) is 0 Å². The number of hydrogen-bond acceptors (Lipinski definition) is 8. The number of ether oxygens (including phenoxy) is 1. The van der Waals surface area contributed by atoms with Crippen molar-refractivity contribution in [2.45, 2.75) is 51.1 Å². The van der Waals surface area contributed by atoms with Crippen molar-refractivity contribution in [3.63, 3.8) is 0 Å². The molecule has 1 fully saturated rings. The molecule has 0 aromatic heterocycles. The van der Waals surface area contributed by atoms with Crippen LogP contribution in [0.1, 0.15) is 37.0 Å². The smallest absolute Gasteiger partial charge is 0.173 e. The second-order valence-electron chi connectivity index (χ2n) is 6.82. The van der Waals surface area contributed by atoms with E-state index in [-0.39, 0.29) is 29.3 Å². The van der Waals surface area contributed by atoms with E-state index in [1.54, 1.807) is 6.92 Å². The van der Waals surface area contributed by atoms with Gasteiger partial charge in [0.15, 0.2) is 5.78 Å². The standard InChI is InChI=1S/C18H26O8/c1-3-8(2)15(22)14-11(21)5-10(20)6-12(14)26-13-4-9(7-19)16(23)18(25)17(13)24/h5-6,8-9,13,16-21,23-25H,3-4,7H2,1-2H3/t8?,9?,13-,16-,17?,18?/m1/s1. The highest BCUT2D eigenvalue weighted by Crippen LogP contribution is 2.37. The Morgan fingerprint density at radius 3 is 2.42 bits per heavy atom. The van der Waals surface area contributed by atoms with E-state index in [2.05, 4.69) is 0 Å². The Balaban J connectivity index is 2.37. The van der Waals surface area contributed by atoms with E-state index >= 15 is 0 Å². The Bertz CT molecular complexity index is 644. The first-order chi connectivity index (χ1) is 12.2. The summed E-state index contributed by atoms with van der Waals surface area (Å²) in [6, 6.07) is 2.17. The molecular weight excluding hydrogens is 344 g/mol. The van der Waals surface area contributed by atoms with Crippen molar-refractivity contribution in [3.8, 4) is 17.2 Å². The maximum atomic E-state index is 12.6. The number of carbonyl (C=O) groups is 1. The molecule has 0 amide bonds. The number of aliphatic hydroxyl groups is 4. The molecule has 1 aromatic rings. The summed E-state index contributed by atoms with van der Waals surface area (Å²) in [4.78, 5) is 12.6. The van der Waals surface area contributed by atoms with Gasteiger partial charge in [-0.15, -0.1) is 0 Å². The summed E-state index contributed by atoms with van der Waals surface area (Å²) in [6.45, 7) is 3.08. The Hall–Kier alpha value is -1.87. The first-order valence-electron chi connectivity index (χ1n) is 8.63. The average Bonchev–Trinajstić information content (AvgIpc) is 2.60. The summed E-state index contributed by atoms with van der Waals surface area (Å²) in [5.41, 5.74) is -0.120. The average molecular weight is 370 g/mol. The summed E-state index contributed by atoms with van der Waals surface area (Å²) in [5, 5.41) is 59.2. The van der Waals surface area contributed by atoms with Crippen LogP contribution in [0.4, 0.5) is 0 Å². The second-order valence-corrected chi connectivity index (χ2v) is 6.82. The van der Waals surface area contributed by atoms with E-state index in [0.717, 1.165) is 12.1 Å². The topological polar surface area (TPSA) is 148 Å². The van der Waals surface area contributed by atoms with Crippen molar-refractivity contribution in [2.24, 2.45) is 11.8 Å². The van der Waals surface area contributed by atoms with Crippen LogP contribution >= 0.6 is 0 Å². The Labute approximate surface area is 151 Å². The lowest BCUT2D eigenvalue weighted by Gasteiger charge is -2.39. The van der Waals surface area contributed by atoms with Crippen molar-refractivity contribution in [3.05, 3.63) is 17.7 Å². The van der Waals surface area contributed by atoms with Crippen LogP contribution in [-0.4, -0.2) is 67.4 Å². The van der Waals surface area contributed by atoms with Gasteiger partial charge in [0.2, 0.25) is 0 Å². The highest BCUT2D eigenvalue weighted by Gasteiger charge is 2.44. The summed E-state index contributed by atoms with van der Waals surface area (Å²) in [5.74, 6) is -2.42. The van der Waals surface area contributed by atoms with Crippen LogP contribution in [0.5, 0.6) is 17.2 Å². The van der Waals surface area contributed by atoms with Crippen LogP contribution in [0.25, 0.3) is 0 Å². The number of rotatable bonds is 6. The third-order valence-corrected chi connectivity index (χ3v) is 4.98. The normalized spacial score (nSPS) is 30.0. The third-order valence-electron chi connectivity index (χ3n) is 4.98. The summed E-state index contributed by atoms with van der Waals surface area (Å²) >= 11 is 0. The molecule has 8 heteroatoms. The Morgan fingerprint density at radius 2 is 1.85 bits per heavy atom. The predicted molar refractivity (Wildman–Crippen MR) is 91.2 cm³/mol. The molecule has 1 aliphatic carbocycles. The molecule has 146 valence electrons. The first-order valence-corrected chi connectivity index (χ1v) is 8.63. The zero-order valence-corrected chi connectivity index (χ0v) is 14.7. The van der Waals surface area contributed by atoms with Gasteiger partial charge < -0.3 is 35.4 Å². The minimum absolute atomic E-state index is 0.0171. The largest absolute Gasteiger partial charge is 0.508 e. The maximum absolute atomic E-state index is 12.6. The summed E-state index contributed by atoms with van der Waals surface area (Å²) in [7, 11) is 0. The highest BCUT2D eigenvalue weighted by atomic mass is 16.5. The molecular formula is C18H26O8. The number of phenols is 2. The second kappa shape index (κ2) is 8.22. The molecule has 0 bridgehead atoms. The quantitative estimate of drug-likeness (QED) is 0.388. The van der Waals surface area contributed by atoms with Crippen molar-refractivity contribution < 1.29 is 40.2 Å². The van der Waals surface area contributed by atoms with Crippen LogP contribution in [0.15, 0.2) is 12.1 Å². The fraction of sp³-hybridized carbons (Fsp3) is 0.611. The fourth-order valence-electron chi connectivity index (χ4n) is 3.10. The fourth-order valence-corrected chi connectivity index (χ4v) is 3.10. The van der Waals surface area contributed by atoms with Crippen LogP contribution in [0.2, 0.25) is 0 Å². The molecule has 6 atom stereocenters. The number of benzene rings is 1. The molecule has 1 aliphatic rings. The highest BCUT2D eigenvalue weighted by molar-refractivity contribution is 6.02. The van der Waals surface area contributed by atoms with Gasteiger partial charge in [-0.3, -0.25) is 4.79 Å². The van der Waals surface area contributed by atoms with E-state index < -0.39 is 48.6 Å². The lowest BCUT2D eigenvalue weighted by molar-refractivity contribution is -0.157. The SMILES string of the molecule is CCC(C)C(=O)c1c(O)cc(O)cc1O[C@@H]1CC(CO)[C@@H](O)C(O)C1O. The van der Waals surface area contributed by atoms with Gasteiger partial charge in [0.05, 0.1) is 6.10 Å². The molecule has 6 N–H and O–H groups in total. The van der Waals surface area contributed by atoms with E-state index in [9.17, 15) is 35.4 Å². The van der Waals surface area contributed by atoms with Crippen molar-refractivity contribution in [1.29, 1.82) is 0 Å². The monoisotopic (exact) mass is 370 g/mol. The third kappa shape index (κ3) is 3.93. The molecule has 1 saturated carbocycles. The number of aliphatic hydroxyl groups excluding tert-OH is 4. The molecule has 0 aliphatic heterocycles. The molecule has 0 spiro atoms. The number of Topliss-reactive ketones (excluding diaryl/α,β-unsaturated/α-hetero) is 1. The first kappa shape index (κ1) is 20.4. The van der Waals surface area contributed by atoms with Gasteiger partial charge in [0.1, 0.15) is 41.1 Å². The van der Waals surface area contributed by atoms with Crippen molar-refractivity contribution in [1.82, 2.24) is 0 Å². The van der Waals surface area contributed by atoms with Crippen LogP contribution < -0.4 is 4.74 Å². The summed E-state index contributed by atoms with van der Waals surface area (Å²) in [6.07, 6.45) is -4.82. The minimum Gasteiger partial charge on any atom is -0.508 e. The number of aromatic hydroxyl groups is 2. The molecule has 1 aromatic carbocycles. The number of ketones is 1. The van der Waals surface area contributed by atoms with E-state index in [1.807, 2.05) is 6.92 Å². The number of carbonyl (C=O) groups excluding carboxylic acids is 1. The molecule has 26 heavy (non-hydrogen) atoms. The van der Waals surface area contributed by atoms with Gasteiger partial charge in [0, 0.05) is 30.6 Å². The lowest BCUT2D eigenvalue weighted by Crippen LogP contribution is -2.56. The van der Waals surface area contributed by atoms with E-state index in [4.69, 9.17) is 4.74 Å². The molecule has 0 saturated heterocycles. The number of hydrogen-bond donors (Lipinski definition) is 6. The minimum atomic E-state index is -1.54. The zero-order chi connectivity index (χ0) is 19.6. The zero-order valence-electron chi connectivity index (χ0n) is 14.7. The van der Waals surface area contributed by atoms with Crippen LogP contribution in [0, 0.1) is 11.8 Å². The van der Waals surface area contributed by atoms with Gasteiger partial charge in [-0.2, -0.15) is 0 Å².